The Bertz CT molecular complexity index is 520. The van der Waals surface area contributed by atoms with Crippen molar-refractivity contribution in [2.75, 3.05) is 11.9 Å². The lowest BCUT2D eigenvalue weighted by molar-refractivity contribution is 0.252. The summed E-state index contributed by atoms with van der Waals surface area (Å²) in [6.45, 7) is 4.68. The van der Waals surface area contributed by atoms with E-state index in [0.717, 1.165) is 10.8 Å². The van der Waals surface area contributed by atoms with Crippen molar-refractivity contribution in [2.45, 2.75) is 26.3 Å². The van der Waals surface area contributed by atoms with Gasteiger partial charge >= 0.3 is 6.03 Å². The first-order valence-electron chi connectivity index (χ1n) is 6.13. The molecule has 0 atom stereocenters. The lowest BCUT2D eigenvalue weighted by Gasteiger charge is -2.10. The number of nitrogens with one attached hydrogen (secondary N) is 2. The van der Waals surface area contributed by atoms with Crippen molar-refractivity contribution in [3.8, 4) is 0 Å². The molecule has 19 heavy (non-hydrogen) atoms. The summed E-state index contributed by atoms with van der Waals surface area (Å²) in [5.74, 6) is 0.881. The van der Waals surface area contributed by atoms with E-state index in [9.17, 15) is 4.79 Å². The van der Waals surface area contributed by atoms with E-state index in [0.29, 0.717) is 19.0 Å². The Balaban J connectivity index is 1.77. The second kappa shape index (κ2) is 6.33. The van der Waals surface area contributed by atoms with Crippen LogP contribution in [0, 0.1) is 0 Å². The maximum atomic E-state index is 11.6. The third-order valence-electron chi connectivity index (χ3n) is 2.60. The van der Waals surface area contributed by atoms with Gasteiger partial charge in [-0.1, -0.05) is 0 Å². The van der Waals surface area contributed by atoms with Gasteiger partial charge in [-0.3, -0.25) is 5.32 Å². The summed E-state index contributed by atoms with van der Waals surface area (Å²) in [7, 11) is 0. The molecular formula is C12H17N5OS. The highest BCUT2D eigenvalue weighted by Gasteiger charge is 2.08. The average molecular weight is 279 g/mol. The molecule has 2 amide bonds. The summed E-state index contributed by atoms with van der Waals surface area (Å²) in [5, 5.41) is 16.3. The first kappa shape index (κ1) is 13.5. The zero-order valence-electron chi connectivity index (χ0n) is 11.0. The maximum Gasteiger partial charge on any atom is 0.319 e. The SMILES string of the molecule is CC(C)n1cnnc1CCNC(=O)Nc1cccs1. The summed E-state index contributed by atoms with van der Waals surface area (Å²) >= 11 is 1.49. The predicted molar refractivity (Wildman–Crippen MR) is 75.5 cm³/mol. The molecule has 0 spiro atoms. The molecule has 6 nitrogen and oxygen atoms in total. The third-order valence-corrected chi connectivity index (χ3v) is 3.38. The van der Waals surface area contributed by atoms with Crippen LogP contribution >= 0.6 is 11.3 Å². The molecule has 0 unspecified atom stereocenters. The molecule has 102 valence electrons. The standard InChI is InChI=1S/C12H17N5OS/c1-9(2)17-8-14-16-10(17)5-6-13-12(18)15-11-4-3-7-19-11/h3-4,7-9H,5-6H2,1-2H3,(H2,13,15,18). The van der Waals surface area contributed by atoms with E-state index in [-0.39, 0.29) is 6.03 Å². The summed E-state index contributed by atoms with van der Waals surface area (Å²) in [6.07, 6.45) is 2.38. The molecule has 0 fully saturated rings. The summed E-state index contributed by atoms with van der Waals surface area (Å²) in [5.41, 5.74) is 0. The van der Waals surface area contributed by atoms with Crippen LogP contribution in [0.4, 0.5) is 9.80 Å². The average Bonchev–Trinajstić information content (AvgIpc) is 2.99. The number of carbonyl (C=O) groups is 1. The van der Waals surface area contributed by atoms with Crippen LogP contribution in [0.2, 0.25) is 0 Å². The first-order valence-corrected chi connectivity index (χ1v) is 7.01. The number of hydrogen-bond donors (Lipinski definition) is 2. The lowest BCUT2D eigenvalue weighted by atomic mass is 10.3. The van der Waals surface area contributed by atoms with Crippen LogP contribution in [-0.2, 0) is 6.42 Å². The highest BCUT2D eigenvalue weighted by Crippen LogP contribution is 2.14. The van der Waals surface area contributed by atoms with Crippen molar-refractivity contribution in [1.29, 1.82) is 0 Å². The molecular weight excluding hydrogens is 262 g/mol. The highest BCUT2D eigenvalue weighted by atomic mass is 32.1. The number of rotatable bonds is 5. The fraction of sp³-hybridized carbons (Fsp3) is 0.417. The van der Waals surface area contributed by atoms with Gasteiger partial charge in [0.15, 0.2) is 0 Å². The number of thiophene rings is 1. The molecule has 0 bridgehead atoms. The van der Waals surface area contributed by atoms with E-state index in [2.05, 4.69) is 34.7 Å². The van der Waals surface area contributed by atoms with E-state index < -0.39 is 0 Å². The van der Waals surface area contributed by atoms with Crippen LogP contribution in [0.15, 0.2) is 23.8 Å². The molecule has 0 saturated carbocycles. The summed E-state index contributed by atoms with van der Waals surface area (Å²) in [4.78, 5) is 11.6. The number of hydrogen-bond acceptors (Lipinski definition) is 4. The quantitative estimate of drug-likeness (QED) is 0.882. The lowest BCUT2D eigenvalue weighted by Crippen LogP contribution is -2.30. The van der Waals surface area contributed by atoms with Gasteiger partial charge in [0.2, 0.25) is 0 Å². The van der Waals surface area contributed by atoms with Crippen LogP contribution in [0.5, 0.6) is 0 Å². The van der Waals surface area contributed by atoms with Gasteiger partial charge in [-0.05, 0) is 31.4 Å². The Kier molecular flexibility index (Phi) is 4.51. The number of nitrogens with zero attached hydrogens (tertiary/aromatic N) is 3. The van der Waals surface area contributed by atoms with Crippen LogP contribution < -0.4 is 10.6 Å². The van der Waals surface area contributed by atoms with Gasteiger partial charge in [0.25, 0.3) is 0 Å². The van der Waals surface area contributed by atoms with E-state index in [4.69, 9.17) is 0 Å². The predicted octanol–water partition coefficient (Wildman–Crippen LogP) is 2.28. The van der Waals surface area contributed by atoms with Crippen molar-refractivity contribution >= 4 is 22.4 Å². The summed E-state index contributed by atoms with van der Waals surface area (Å²) < 4.78 is 2.00. The smallest absolute Gasteiger partial charge is 0.319 e. The molecule has 2 N–H and O–H groups in total. The minimum atomic E-state index is -0.196. The Hall–Kier alpha value is -1.89. The fourth-order valence-corrected chi connectivity index (χ4v) is 2.28. The topological polar surface area (TPSA) is 71.8 Å². The normalized spacial score (nSPS) is 10.7. The largest absolute Gasteiger partial charge is 0.337 e. The number of anilines is 1. The number of carbonyl (C=O) groups excluding carboxylic acids is 1. The van der Waals surface area contributed by atoms with Crippen molar-refractivity contribution in [2.24, 2.45) is 0 Å². The second-order valence-electron chi connectivity index (χ2n) is 4.36. The Morgan fingerprint density at radius 1 is 1.53 bits per heavy atom. The highest BCUT2D eigenvalue weighted by molar-refractivity contribution is 7.14. The van der Waals surface area contributed by atoms with Crippen molar-refractivity contribution in [1.82, 2.24) is 20.1 Å². The molecule has 0 aliphatic heterocycles. The number of urea groups is 1. The van der Waals surface area contributed by atoms with Crippen LogP contribution in [0.25, 0.3) is 0 Å². The van der Waals surface area contributed by atoms with Crippen molar-refractivity contribution in [3.05, 3.63) is 29.7 Å². The molecule has 0 radical (unpaired) electrons. The van der Waals surface area contributed by atoms with E-state index in [1.165, 1.54) is 11.3 Å². The zero-order valence-corrected chi connectivity index (χ0v) is 11.8. The van der Waals surface area contributed by atoms with E-state index >= 15 is 0 Å². The Morgan fingerprint density at radius 3 is 3.05 bits per heavy atom. The Labute approximate surface area is 115 Å². The van der Waals surface area contributed by atoms with Gasteiger partial charge in [-0.15, -0.1) is 21.5 Å². The summed E-state index contributed by atoms with van der Waals surface area (Å²) in [6, 6.07) is 3.88. The number of aromatic nitrogens is 3. The molecule has 0 aliphatic rings. The van der Waals surface area contributed by atoms with Crippen molar-refractivity contribution in [3.63, 3.8) is 0 Å². The van der Waals surface area contributed by atoms with Crippen molar-refractivity contribution < 1.29 is 4.79 Å². The minimum Gasteiger partial charge on any atom is -0.337 e. The number of amides is 2. The molecule has 0 saturated heterocycles. The molecule has 2 rings (SSSR count). The van der Waals surface area contributed by atoms with E-state index in [1.54, 1.807) is 6.33 Å². The maximum absolute atomic E-state index is 11.6. The fourth-order valence-electron chi connectivity index (χ4n) is 1.67. The van der Waals surface area contributed by atoms with Crippen LogP contribution in [0.1, 0.15) is 25.7 Å². The van der Waals surface area contributed by atoms with Crippen LogP contribution in [0.3, 0.4) is 0 Å². The molecule has 0 aromatic carbocycles. The molecule has 2 heterocycles. The molecule has 2 aromatic rings. The zero-order chi connectivity index (χ0) is 13.7. The monoisotopic (exact) mass is 279 g/mol. The third kappa shape index (κ3) is 3.78. The van der Waals surface area contributed by atoms with E-state index in [1.807, 2.05) is 22.1 Å². The van der Waals surface area contributed by atoms with Gasteiger partial charge < -0.3 is 9.88 Å². The molecule has 0 aliphatic carbocycles. The van der Waals surface area contributed by atoms with Gasteiger partial charge in [0, 0.05) is 19.0 Å². The van der Waals surface area contributed by atoms with Gasteiger partial charge in [0.1, 0.15) is 12.2 Å². The Morgan fingerprint density at radius 2 is 2.37 bits per heavy atom. The molecule has 7 heteroatoms. The first-order chi connectivity index (χ1) is 9.16. The van der Waals surface area contributed by atoms with Crippen LogP contribution in [-0.4, -0.2) is 27.3 Å². The molecule has 2 aromatic heterocycles. The minimum absolute atomic E-state index is 0.196. The van der Waals surface area contributed by atoms with Gasteiger partial charge in [-0.25, -0.2) is 4.79 Å². The second-order valence-corrected chi connectivity index (χ2v) is 5.30. The van der Waals surface area contributed by atoms with Gasteiger partial charge in [0.05, 0.1) is 5.00 Å². The van der Waals surface area contributed by atoms with Gasteiger partial charge in [-0.2, -0.15) is 0 Å².